The topological polar surface area (TPSA) is 127 Å². The number of aromatic nitrogens is 2. The standard InChI is InChI=1S/C17H17N5O4/c1-10(2)16(17-19-12-5-3-4-6-13(12)20-17)18-14-8-7-11(21(23)24)9-15(14)22(25)26/h3-10,16,18H,1-2H3,(H,19,20)/t16-/m0/s1. The number of non-ortho nitro benzene ring substituents is 1. The molecule has 0 spiro atoms. The van der Waals surface area contributed by atoms with Gasteiger partial charge in [-0.3, -0.25) is 20.2 Å². The van der Waals surface area contributed by atoms with Gasteiger partial charge in [0.05, 0.1) is 33.0 Å². The fraction of sp³-hybridized carbons (Fsp3) is 0.235. The Morgan fingerprint density at radius 3 is 2.42 bits per heavy atom. The number of H-pyrrole nitrogens is 1. The van der Waals surface area contributed by atoms with E-state index >= 15 is 0 Å². The molecule has 0 fully saturated rings. The summed E-state index contributed by atoms with van der Waals surface area (Å²) in [6.07, 6.45) is 0. The number of hydrogen-bond donors (Lipinski definition) is 2. The summed E-state index contributed by atoms with van der Waals surface area (Å²) in [5.41, 5.74) is 1.20. The summed E-state index contributed by atoms with van der Waals surface area (Å²) in [6, 6.07) is 10.8. The summed E-state index contributed by atoms with van der Waals surface area (Å²) < 4.78 is 0. The highest BCUT2D eigenvalue weighted by atomic mass is 16.6. The molecule has 3 rings (SSSR count). The quantitative estimate of drug-likeness (QED) is 0.504. The maximum Gasteiger partial charge on any atom is 0.299 e. The molecule has 0 radical (unpaired) electrons. The van der Waals surface area contributed by atoms with E-state index in [9.17, 15) is 20.2 Å². The van der Waals surface area contributed by atoms with Crippen molar-refractivity contribution in [2.45, 2.75) is 19.9 Å². The summed E-state index contributed by atoms with van der Waals surface area (Å²) in [4.78, 5) is 28.7. The van der Waals surface area contributed by atoms with Crippen molar-refractivity contribution in [1.29, 1.82) is 0 Å². The number of benzene rings is 2. The molecular formula is C17H17N5O4. The molecule has 0 saturated carbocycles. The highest BCUT2D eigenvalue weighted by Crippen LogP contribution is 2.33. The van der Waals surface area contributed by atoms with E-state index in [0.717, 1.165) is 17.1 Å². The summed E-state index contributed by atoms with van der Waals surface area (Å²) in [6.45, 7) is 3.92. The van der Waals surface area contributed by atoms with Crippen molar-refractivity contribution in [3.8, 4) is 0 Å². The first-order valence-electron chi connectivity index (χ1n) is 8.01. The SMILES string of the molecule is CC(C)[C@H](Nc1ccc([N+](=O)[O-])cc1[N+](=O)[O-])c1nc2ccccc2[nH]1. The van der Waals surface area contributed by atoms with Gasteiger partial charge in [-0.1, -0.05) is 26.0 Å². The molecule has 9 heteroatoms. The first kappa shape index (κ1) is 17.3. The van der Waals surface area contributed by atoms with Crippen LogP contribution < -0.4 is 5.32 Å². The summed E-state index contributed by atoms with van der Waals surface area (Å²) in [5, 5.41) is 25.3. The predicted molar refractivity (Wildman–Crippen MR) is 97.0 cm³/mol. The zero-order chi connectivity index (χ0) is 18.8. The molecule has 3 aromatic rings. The maximum absolute atomic E-state index is 11.3. The average Bonchev–Trinajstić information content (AvgIpc) is 3.02. The van der Waals surface area contributed by atoms with E-state index in [1.165, 1.54) is 12.1 Å². The van der Waals surface area contributed by atoms with Gasteiger partial charge in [0.1, 0.15) is 11.5 Å². The molecule has 1 aromatic heterocycles. The summed E-state index contributed by atoms with van der Waals surface area (Å²) in [5.74, 6) is 0.708. The van der Waals surface area contributed by atoms with Crippen LogP contribution in [0.1, 0.15) is 25.7 Å². The number of fused-ring (bicyclic) bond motifs is 1. The largest absolute Gasteiger partial charge is 0.369 e. The summed E-state index contributed by atoms with van der Waals surface area (Å²) in [7, 11) is 0. The van der Waals surface area contributed by atoms with Gasteiger partial charge in [-0.2, -0.15) is 0 Å². The second kappa shape index (κ2) is 6.79. The third-order valence-corrected chi connectivity index (χ3v) is 4.07. The first-order valence-corrected chi connectivity index (χ1v) is 8.01. The Morgan fingerprint density at radius 1 is 1.08 bits per heavy atom. The molecular weight excluding hydrogens is 338 g/mol. The molecule has 0 amide bonds. The number of nitrogens with one attached hydrogen (secondary N) is 2. The lowest BCUT2D eigenvalue weighted by molar-refractivity contribution is -0.393. The minimum absolute atomic E-state index is 0.0605. The van der Waals surface area contributed by atoms with Crippen LogP contribution in [0.2, 0.25) is 0 Å². The molecule has 0 unspecified atom stereocenters. The molecule has 0 saturated heterocycles. The van der Waals surface area contributed by atoms with Gasteiger partial charge in [0.15, 0.2) is 0 Å². The van der Waals surface area contributed by atoms with Crippen molar-refractivity contribution in [2.75, 3.05) is 5.32 Å². The third kappa shape index (κ3) is 3.32. The minimum atomic E-state index is -0.657. The second-order valence-electron chi connectivity index (χ2n) is 6.22. The number of rotatable bonds is 6. The van der Waals surface area contributed by atoms with Crippen LogP contribution in [0.25, 0.3) is 11.0 Å². The molecule has 134 valence electrons. The van der Waals surface area contributed by atoms with Crippen LogP contribution >= 0.6 is 0 Å². The van der Waals surface area contributed by atoms with E-state index in [1.807, 2.05) is 38.1 Å². The van der Waals surface area contributed by atoms with Gasteiger partial charge in [0.2, 0.25) is 0 Å². The number of aromatic amines is 1. The number of nitro benzene ring substituents is 2. The summed E-state index contributed by atoms with van der Waals surface area (Å²) >= 11 is 0. The first-order chi connectivity index (χ1) is 12.4. The highest BCUT2D eigenvalue weighted by molar-refractivity contribution is 5.75. The normalized spacial score (nSPS) is 12.3. The zero-order valence-corrected chi connectivity index (χ0v) is 14.2. The maximum atomic E-state index is 11.3. The van der Waals surface area contributed by atoms with E-state index in [-0.39, 0.29) is 29.0 Å². The number of anilines is 1. The van der Waals surface area contributed by atoms with Crippen LogP contribution in [0.3, 0.4) is 0 Å². The van der Waals surface area contributed by atoms with Crippen molar-refractivity contribution in [3.63, 3.8) is 0 Å². The number of para-hydroxylation sites is 2. The molecule has 9 nitrogen and oxygen atoms in total. The van der Waals surface area contributed by atoms with E-state index in [1.54, 1.807) is 0 Å². The predicted octanol–water partition coefficient (Wildman–Crippen LogP) is 4.19. The van der Waals surface area contributed by atoms with Crippen LogP contribution in [-0.2, 0) is 0 Å². The van der Waals surface area contributed by atoms with E-state index in [0.29, 0.717) is 5.82 Å². The molecule has 0 aliphatic heterocycles. The molecule has 0 aliphatic rings. The molecule has 2 aromatic carbocycles. The van der Waals surface area contributed by atoms with Crippen LogP contribution in [0, 0.1) is 26.1 Å². The lowest BCUT2D eigenvalue weighted by Crippen LogP contribution is -2.19. The fourth-order valence-electron chi connectivity index (χ4n) is 2.74. The molecule has 1 heterocycles. The number of imidazole rings is 1. The Balaban J connectivity index is 2.00. The number of nitro groups is 2. The van der Waals surface area contributed by atoms with Crippen molar-refractivity contribution < 1.29 is 9.85 Å². The van der Waals surface area contributed by atoms with E-state index in [2.05, 4.69) is 15.3 Å². The average molecular weight is 355 g/mol. The lowest BCUT2D eigenvalue weighted by atomic mass is 10.0. The van der Waals surface area contributed by atoms with Crippen molar-refractivity contribution in [1.82, 2.24) is 9.97 Å². The van der Waals surface area contributed by atoms with Gasteiger partial charge in [-0.05, 0) is 24.1 Å². The highest BCUT2D eigenvalue weighted by Gasteiger charge is 2.25. The Hall–Kier alpha value is -3.49. The Kier molecular flexibility index (Phi) is 4.53. The molecule has 0 bridgehead atoms. The fourth-order valence-corrected chi connectivity index (χ4v) is 2.74. The van der Waals surface area contributed by atoms with Crippen molar-refractivity contribution >= 4 is 28.1 Å². The van der Waals surface area contributed by atoms with Crippen molar-refractivity contribution in [3.05, 3.63) is 68.5 Å². The van der Waals surface area contributed by atoms with Crippen LogP contribution in [-0.4, -0.2) is 19.8 Å². The van der Waals surface area contributed by atoms with E-state index in [4.69, 9.17) is 0 Å². The van der Waals surface area contributed by atoms with Gasteiger partial charge in [-0.25, -0.2) is 4.98 Å². The molecule has 2 N–H and O–H groups in total. The number of nitrogens with zero attached hydrogens (tertiary/aromatic N) is 3. The van der Waals surface area contributed by atoms with E-state index < -0.39 is 9.85 Å². The van der Waals surface area contributed by atoms with Crippen molar-refractivity contribution in [2.24, 2.45) is 5.92 Å². The third-order valence-electron chi connectivity index (χ3n) is 4.07. The van der Waals surface area contributed by atoms with Gasteiger partial charge >= 0.3 is 0 Å². The molecule has 26 heavy (non-hydrogen) atoms. The smallest absolute Gasteiger partial charge is 0.299 e. The Labute approximate surface area is 148 Å². The van der Waals surface area contributed by atoms with Gasteiger partial charge < -0.3 is 10.3 Å². The zero-order valence-electron chi connectivity index (χ0n) is 14.2. The van der Waals surface area contributed by atoms with Gasteiger partial charge in [0.25, 0.3) is 11.4 Å². The molecule has 0 aliphatic carbocycles. The van der Waals surface area contributed by atoms with Crippen LogP contribution in [0.4, 0.5) is 17.1 Å². The Morgan fingerprint density at radius 2 is 1.81 bits per heavy atom. The van der Waals surface area contributed by atoms with Crippen LogP contribution in [0.15, 0.2) is 42.5 Å². The second-order valence-corrected chi connectivity index (χ2v) is 6.22. The minimum Gasteiger partial charge on any atom is -0.369 e. The number of hydrogen-bond acceptors (Lipinski definition) is 6. The molecule has 1 atom stereocenters. The monoisotopic (exact) mass is 355 g/mol. The van der Waals surface area contributed by atoms with Gasteiger partial charge in [-0.15, -0.1) is 0 Å². The van der Waals surface area contributed by atoms with Gasteiger partial charge in [0, 0.05) is 6.07 Å². The lowest BCUT2D eigenvalue weighted by Gasteiger charge is -2.21. The van der Waals surface area contributed by atoms with Crippen LogP contribution in [0.5, 0.6) is 0 Å². The Bertz CT molecular complexity index is 949.